The number of nitrogens with one attached hydrogen (secondary N) is 1. The lowest BCUT2D eigenvalue weighted by Gasteiger charge is -2.04. The van der Waals surface area contributed by atoms with Crippen LogP contribution in [0.25, 0.3) is 11.3 Å². The first-order valence-corrected chi connectivity index (χ1v) is 5.64. The number of ether oxygens (including phenoxy) is 1. The van der Waals surface area contributed by atoms with E-state index in [0.29, 0.717) is 12.2 Å². The quantitative estimate of drug-likeness (QED) is 0.821. The topological polar surface area (TPSA) is 42.1 Å². The van der Waals surface area contributed by atoms with Gasteiger partial charge >= 0.3 is 5.97 Å². The summed E-state index contributed by atoms with van der Waals surface area (Å²) in [6.07, 6.45) is 1.75. The van der Waals surface area contributed by atoms with Crippen molar-refractivity contribution in [2.45, 2.75) is 13.8 Å². The number of hydrogen-bond donors (Lipinski definition) is 1. The van der Waals surface area contributed by atoms with Gasteiger partial charge in [-0.25, -0.2) is 4.79 Å². The van der Waals surface area contributed by atoms with Crippen molar-refractivity contribution in [1.82, 2.24) is 4.98 Å². The van der Waals surface area contributed by atoms with E-state index >= 15 is 0 Å². The Morgan fingerprint density at radius 1 is 1.24 bits per heavy atom. The van der Waals surface area contributed by atoms with Gasteiger partial charge in [0.15, 0.2) is 0 Å². The van der Waals surface area contributed by atoms with E-state index in [9.17, 15) is 4.79 Å². The average Bonchev–Trinajstić information content (AvgIpc) is 2.79. The average molecular weight is 229 g/mol. The van der Waals surface area contributed by atoms with Gasteiger partial charge in [-0.1, -0.05) is 29.8 Å². The molecule has 0 amide bonds. The molecule has 0 unspecified atom stereocenters. The van der Waals surface area contributed by atoms with Gasteiger partial charge < -0.3 is 9.72 Å². The second-order valence-corrected chi connectivity index (χ2v) is 3.85. The fourth-order valence-corrected chi connectivity index (χ4v) is 1.71. The van der Waals surface area contributed by atoms with E-state index in [0.717, 1.165) is 11.3 Å². The zero-order valence-corrected chi connectivity index (χ0v) is 9.99. The van der Waals surface area contributed by atoms with Crippen LogP contribution in [0.15, 0.2) is 36.5 Å². The van der Waals surface area contributed by atoms with E-state index in [4.69, 9.17) is 4.74 Å². The van der Waals surface area contributed by atoms with Gasteiger partial charge in [-0.15, -0.1) is 0 Å². The number of rotatable bonds is 3. The van der Waals surface area contributed by atoms with Crippen LogP contribution in [0.4, 0.5) is 0 Å². The standard InChI is InChI=1S/C14H15NO2/c1-3-17-14(16)12-8-9-15-13(12)11-6-4-10(2)5-7-11/h4-9,15H,3H2,1-2H3. The van der Waals surface area contributed by atoms with Gasteiger partial charge in [-0.05, 0) is 25.5 Å². The van der Waals surface area contributed by atoms with E-state index in [-0.39, 0.29) is 5.97 Å². The molecule has 0 bridgehead atoms. The van der Waals surface area contributed by atoms with Crippen molar-refractivity contribution in [3.05, 3.63) is 47.7 Å². The summed E-state index contributed by atoms with van der Waals surface area (Å²) in [5.41, 5.74) is 3.57. The fraction of sp³-hybridized carbons (Fsp3) is 0.214. The minimum Gasteiger partial charge on any atom is -0.462 e. The van der Waals surface area contributed by atoms with Crippen molar-refractivity contribution in [2.24, 2.45) is 0 Å². The monoisotopic (exact) mass is 229 g/mol. The van der Waals surface area contributed by atoms with E-state index in [1.807, 2.05) is 31.2 Å². The van der Waals surface area contributed by atoms with Crippen LogP contribution < -0.4 is 0 Å². The Kier molecular flexibility index (Phi) is 3.28. The van der Waals surface area contributed by atoms with Gasteiger partial charge in [-0.2, -0.15) is 0 Å². The number of esters is 1. The van der Waals surface area contributed by atoms with Crippen molar-refractivity contribution < 1.29 is 9.53 Å². The molecular formula is C14H15NO2. The Morgan fingerprint density at radius 3 is 2.59 bits per heavy atom. The van der Waals surface area contributed by atoms with Gasteiger partial charge in [0.05, 0.1) is 17.9 Å². The minimum absolute atomic E-state index is 0.288. The van der Waals surface area contributed by atoms with Gasteiger partial charge in [0.25, 0.3) is 0 Å². The molecule has 2 aromatic rings. The summed E-state index contributed by atoms with van der Waals surface area (Å²) < 4.78 is 5.01. The first-order chi connectivity index (χ1) is 8.22. The molecule has 0 fully saturated rings. The van der Waals surface area contributed by atoms with Gasteiger partial charge in [-0.3, -0.25) is 0 Å². The van der Waals surface area contributed by atoms with Crippen LogP contribution in [0.5, 0.6) is 0 Å². The van der Waals surface area contributed by atoms with Crippen LogP contribution in [-0.2, 0) is 4.74 Å². The van der Waals surface area contributed by atoms with Crippen LogP contribution in [0.3, 0.4) is 0 Å². The van der Waals surface area contributed by atoms with Crippen LogP contribution >= 0.6 is 0 Å². The first kappa shape index (κ1) is 11.5. The van der Waals surface area contributed by atoms with Gasteiger partial charge in [0.2, 0.25) is 0 Å². The maximum Gasteiger partial charge on any atom is 0.340 e. The maximum atomic E-state index is 11.7. The zero-order chi connectivity index (χ0) is 12.3. The normalized spacial score (nSPS) is 10.2. The van der Waals surface area contributed by atoms with Crippen molar-refractivity contribution in [3.8, 4) is 11.3 Å². The summed E-state index contributed by atoms with van der Waals surface area (Å²) in [7, 11) is 0. The van der Waals surface area contributed by atoms with Crippen molar-refractivity contribution in [2.75, 3.05) is 6.61 Å². The summed E-state index contributed by atoms with van der Waals surface area (Å²) in [5, 5.41) is 0. The van der Waals surface area contributed by atoms with Crippen LogP contribution in [-0.4, -0.2) is 17.6 Å². The highest BCUT2D eigenvalue weighted by atomic mass is 16.5. The molecule has 2 rings (SSSR count). The molecule has 0 aliphatic rings. The molecule has 1 heterocycles. The lowest BCUT2D eigenvalue weighted by Crippen LogP contribution is -2.04. The third kappa shape index (κ3) is 2.38. The Morgan fingerprint density at radius 2 is 1.94 bits per heavy atom. The van der Waals surface area contributed by atoms with Gasteiger partial charge in [0.1, 0.15) is 0 Å². The highest BCUT2D eigenvalue weighted by Crippen LogP contribution is 2.23. The second-order valence-electron chi connectivity index (χ2n) is 3.85. The van der Waals surface area contributed by atoms with Gasteiger partial charge in [0, 0.05) is 6.20 Å². The van der Waals surface area contributed by atoms with E-state index in [2.05, 4.69) is 4.98 Å². The third-order valence-corrected chi connectivity index (χ3v) is 2.58. The molecule has 1 N–H and O–H groups in total. The smallest absolute Gasteiger partial charge is 0.340 e. The molecule has 0 aliphatic carbocycles. The van der Waals surface area contributed by atoms with E-state index in [1.54, 1.807) is 19.2 Å². The molecule has 1 aromatic carbocycles. The number of carbonyl (C=O) groups is 1. The zero-order valence-electron chi connectivity index (χ0n) is 9.99. The summed E-state index contributed by atoms with van der Waals surface area (Å²) >= 11 is 0. The summed E-state index contributed by atoms with van der Waals surface area (Å²) in [4.78, 5) is 14.8. The molecule has 1 aromatic heterocycles. The summed E-state index contributed by atoms with van der Waals surface area (Å²) in [6, 6.07) is 9.76. The molecule has 0 atom stereocenters. The molecule has 0 aliphatic heterocycles. The Bertz CT molecular complexity index is 511. The van der Waals surface area contributed by atoms with Crippen LogP contribution in [0, 0.1) is 6.92 Å². The number of aromatic amines is 1. The molecule has 17 heavy (non-hydrogen) atoms. The predicted molar refractivity (Wildman–Crippen MR) is 66.9 cm³/mol. The molecular weight excluding hydrogens is 214 g/mol. The summed E-state index contributed by atoms with van der Waals surface area (Å²) in [6.45, 7) is 4.22. The largest absolute Gasteiger partial charge is 0.462 e. The number of carbonyl (C=O) groups excluding carboxylic acids is 1. The van der Waals surface area contributed by atoms with Crippen molar-refractivity contribution in [3.63, 3.8) is 0 Å². The number of hydrogen-bond acceptors (Lipinski definition) is 2. The fourth-order valence-electron chi connectivity index (χ4n) is 1.71. The lowest BCUT2D eigenvalue weighted by molar-refractivity contribution is 0.0527. The molecule has 0 saturated heterocycles. The molecule has 88 valence electrons. The third-order valence-electron chi connectivity index (χ3n) is 2.58. The molecule has 3 heteroatoms. The molecule has 0 radical (unpaired) electrons. The predicted octanol–water partition coefficient (Wildman–Crippen LogP) is 3.17. The number of aryl methyl sites for hydroxylation is 1. The van der Waals surface area contributed by atoms with Crippen molar-refractivity contribution >= 4 is 5.97 Å². The minimum atomic E-state index is -0.288. The van der Waals surface area contributed by atoms with Crippen LogP contribution in [0.1, 0.15) is 22.8 Å². The number of aromatic nitrogens is 1. The Labute approximate surface area is 100 Å². The van der Waals surface area contributed by atoms with Crippen LogP contribution in [0.2, 0.25) is 0 Å². The Balaban J connectivity index is 2.36. The highest BCUT2D eigenvalue weighted by molar-refractivity contribution is 5.96. The number of H-pyrrole nitrogens is 1. The maximum absolute atomic E-state index is 11.7. The second kappa shape index (κ2) is 4.87. The Hall–Kier alpha value is -2.03. The first-order valence-electron chi connectivity index (χ1n) is 5.64. The van der Waals surface area contributed by atoms with E-state index in [1.165, 1.54) is 5.56 Å². The SMILES string of the molecule is CCOC(=O)c1cc[nH]c1-c1ccc(C)cc1. The highest BCUT2D eigenvalue weighted by Gasteiger charge is 2.14. The molecule has 3 nitrogen and oxygen atoms in total. The number of benzene rings is 1. The molecule has 0 saturated carbocycles. The van der Waals surface area contributed by atoms with E-state index < -0.39 is 0 Å². The van der Waals surface area contributed by atoms with Crippen molar-refractivity contribution in [1.29, 1.82) is 0 Å². The lowest BCUT2D eigenvalue weighted by atomic mass is 10.1. The summed E-state index contributed by atoms with van der Waals surface area (Å²) in [5.74, 6) is -0.288. The molecule has 0 spiro atoms.